The van der Waals surface area contributed by atoms with E-state index < -0.39 is 0 Å². The van der Waals surface area contributed by atoms with Crippen molar-refractivity contribution in [2.75, 3.05) is 0 Å². The van der Waals surface area contributed by atoms with Crippen LogP contribution in [0.1, 0.15) is 43.7 Å². The second-order valence-corrected chi connectivity index (χ2v) is 4.37. The van der Waals surface area contributed by atoms with Gasteiger partial charge in [-0.25, -0.2) is 0 Å². The predicted molar refractivity (Wildman–Crippen MR) is 60.2 cm³/mol. The molecule has 0 bridgehead atoms. The fourth-order valence-electron chi connectivity index (χ4n) is 2.59. The molecule has 0 radical (unpaired) electrons. The Kier molecular flexibility index (Phi) is 2.60. The van der Waals surface area contributed by atoms with Gasteiger partial charge in [-0.3, -0.25) is 0 Å². The largest absolute Gasteiger partial charge is 0.321 e. The van der Waals surface area contributed by atoms with E-state index >= 15 is 0 Å². The molecule has 1 aromatic rings. The van der Waals surface area contributed by atoms with Crippen molar-refractivity contribution < 1.29 is 0 Å². The summed E-state index contributed by atoms with van der Waals surface area (Å²) in [7, 11) is 0. The summed E-state index contributed by atoms with van der Waals surface area (Å²) in [5.74, 6) is 0. The summed E-state index contributed by atoms with van der Waals surface area (Å²) in [6.45, 7) is 2.21. The molecule has 1 aliphatic carbocycles. The Labute approximate surface area is 86.3 Å². The van der Waals surface area contributed by atoms with Crippen LogP contribution in [0.15, 0.2) is 24.3 Å². The molecule has 1 heteroatoms. The van der Waals surface area contributed by atoms with Gasteiger partial charge in [0.2, 0.25) is 0 Å². The van der Waals surface area contributed by atoms with E-state index in [-0.39, 0.29) is 5.54 Å². The third-order valence-corrected chi connectivity index (χ3v) is 3.43. The lowest BCUT2D eigenvalue weighted by Crippen LogP contribution is -2.34. The maximum atomic E-state index is 6.46. The Hall–Kier alpha value is -0.820. The number of rotatable bonds is 2. The van der Waals surface area contributed by atoms with Crippen molar-refractivity contribution in [3.05, 3.63) is 35.4 Å². The molecule has 2 N–H and O–H groups in total. The molecule has 1 aliphatic rings. The van der Waals surface area contributed by atoms with Crippen LogP contribution in [0.3, 0.4) is 0 Å². The quantitative estimate of drug-likeness (QED) is 0.760. The number of benzene rings is 1. The predicted octanol–water partition coefficient (Wildman–Crippen LogP) is 2.98. The van der Waals surface area contributed by atoms with Crippen molar-refractivity contribution in [1.29, 1.82) is 0 Å². The number of nitrogens with two attached hydrogens (primary N) is 1. The fourth-order valence-corrected chi connectivity index (χ4v) is 2.59. The molecule has 0 unspecified atom stereocenters. The highest BCUT2D eigenvalue weighted by Crippen LogP contribution is 2.37. The second-order valence-electron chi connectivity index (χ2n) is 4.37. The first kappa shape index (κ1) is 9.72. The average Bonchev–Trinajstić information content (AvgIpc) is 2.66. The molecule has 0 spiro atoms. The van der Waals surface area contributed by atoms with Crippen LogP contribution in [0.4, 0.5) is 0 Å². The van der Waals surface area contributed by atoms with Gasteiger partial charge in [0.15, 0.2) is 0 Å². The van der Waals surface area contributed by atoms with Gasteiger partial charge in [-0.1, -0.05) is 44.0 Å². The summed E-state index contributed by atoms with van der Waals surface area (Å²) in [4.78, 5) is 0. The van der Waals surface area contributed by atoms with Gasteiger partial charge in [0, 0.05) is 5.54 Å². The van der Waals surface area contributed by atoms with Crippen molar-refractivity contribution in [2.45, 2.75) is 44.6 Å². The maximum Gasteiger partial charge on any atom is 0.0412 e. The minimum Gasteiger partial charge on any atom is -0.321 e. The zero-order valence-electron chi connectivity index (χ0n) is 8.92. The SMILES string of the molecule is CCc1ccccc1C1(N)CCCC1. The number of hydrogen-bond acceptors (Lipinski definition) is 1. The standard InChI is InChI=1S/C13H19N/c1-2-11-7-3-4-8-12(11)13(14)9-5-6-10-13/h3-4,7-8H,2,5-6,9-10,14H2,1H3. The van der Waals surface area contributed by atoms with Crippen molar-refractivity contribution in [2.24, 2.45) is 5.73 Å². The average molecular weight is 189 g/mol. The van der Waals surface area contributed by atoms with Gasteiger partial charge in [0.05, 0.1) is 0 Å². The smallest absolute Gasteiger partial charge is 0.0412 e. The van der Waals surface area contributed by atoms with Gasteiger partial charge in [-0.05, 0) is 30.4 Å². The Morgan fingerprint density at radius 2 is 1.86 bits per heavy atom. The van der Waals surface area contributed by atoms with E-state index in [1.807, 2.05) is 0 Å². The van der Waals surface area contributed by atoms with Crippen LogP contribution in [-0.4, -0.2) is 0 Å². The van der Waals surface area contributed by atoms with E-state index in [9.17, 15) is 0 Å². The van der Waals surface area contributed by atoms with Crippen LogP contribution < -0.4 is 5.73 Å². The van der Waals surface area contributed by atoms with Gasteiger partial charge >= 0.3 is 0 Å². The molecule has 1 saturated carbocycles. The van der Waals surface area contributed by atoms with Crippen LogP contribution in [0, 0.1) is 0 Å². The minimum absolute atomic E-state index is 0.0212. The molecular formula is C13H19N. The summed E-state index contributed by atoms with van der Waals surface area (Å²) in [5, 5.41) is 0. The van der Waals surface area contributed by atoms with Crippen LogP contribution >= 0.6 is 0 Å². The summed E-state index contributed by atoms with van der Waals surface area (Å²) >= 11 is 0. The first-order chi connectivity index (χ1) is 6.76. The Morgan fingerprint density at radius 1 is 1.21 bits per heavy atom. The van der Waals surface area contributed by atoms with Gasteiger partial charge < -0.3 is 5.73 Å². The van der Waals surface area contributed by atoms with Crippen molar-refractivity contribution in [3.63, 3.8) is 0 Å². The summed E-state index contributed by atoms with van der Waals surface area (Å²) < 4.78 is 0. The van der Waals surface area contributed by atoms with E-state index in [2.05, 4.69) is 31.2 Å². The lowest BCUT2D eigenvalue weighted by Gasteiger charge is -2.26. The maximum absolute atomic E-state index is 6.46. The highest BCUT2D eigenvalue weighted by Gasteiger charge is 2.32. The topological polar surface area (TPSA) is 26.0 Å². The third-order valence-electron chi connectivity index (χ3n) is 3.43. The van der Waals surface area contributed by atoms with Gasteiger partial charge in [0.1, 0.15) is 0 Å². The lowest BCUT2D eigenvalue weighted by atomic mass is 9.85. The monoisotopic (exact) mass is 189 g/mol. The molecule has 0 heterocycles. The van der Waals surface area contributed by atoms with Crippen LogP contribution in [-0.2, 0) is 12.0 Å². The molecule has 0 saturated heterocycles. The minimum atomic E-state index is -0.0212. The molecule has 0 atom stereocenters. The highest BCUT2D eigenvalue weighted by molar-refractivity contribution is 5.34. The van der Waals surface area contributed by atoms with Gasteiger partial charge in [-0.15, -0.1) is 0 Å². The van der Waals surface area contributed by atoms with E-state index in [0.717, 1.165) is 19.3 Å². The number of hydrogen-bond donors (Lipinski definition) is 1. The summed E-state index contributed by atoms with van der Waals surface area (Å²) in [6, 6.07) is 8.65. The summed E-state index contributed by atoms with van der Waals surface area (Å²) in [5.41, 5.74) is 9.25. The Bertz CT molecular complexity index is 311. The third kappa shape index (κ3) is 1.57. The lowest BCUT2D eigenvalue weighted by molar-refractivity contribution is 0.457. The van der Waals surface area contributed by atoms with Crippen LogP contribution in [0.5, 0.6) is 0 Å². The zero-order chi connectivity index (χ0) is 10.0. The first-order valence-electron chi connectivity index (χ1n) is 5.63. The van der Waals surface area contributed by atoms with Crippen molar-refractivity contribution in [3.8, 4) is 0 Å². The van der Waals surface area contributed by atoms with Gasteiger partial charge in [0.25, 0.3) is 0 Å². The molecular weight excluding hydrogens is 170 g/mol. The molecule has 0 amide bonds. The highest BCUT2D eigenvalue weighted by atomic mass is 14.8. The first-order valence-corrected chi connectivity index (χ1v) is 5.63. The van der Waals surface area contributed by atoms with Crippen LogP contribution in [0.2, 0.25) is 0 Å². The van der Waals surface area contributed by atoms with Crippen LogP contribution in [0.25, 0.3) is 0 Å². The molecule has 1 aromatic carbocycles. The molecule has 14 heavy (non-hydrogen) atoms. The van der Waals surface area contributed by atoms with Crippen molar-refractivity contribution >= 4 is 0 Å². The molecule has 76 valence electrons. The van der Waals surface area contributed by atoms with E-state index in [1.54, 1.807) is 0 Å². The summed E-state index contributed by atoms with van der Waals surface area (Å²) in [6.07, 6.45) is 5.98. The van der Waals surface area contributed by atoms with E-state index in [0.29, 0.717) is 0 Å². The van der Waals surface area contributed by atoms with E-state index in [4.69, 9.17) is 5.73 Å². The Balaban J connectivity index is 2.39. The van der Waals surface area contributed by atoms with E-state index in [1.165, 1.54) is 24.0 Å². The molecule has 0 aliphatic heterocycles. The molecule has 1 nitrogen and oxygen atoms in total. The van der Waals surface area contributed by atoms with Gasteiger partial charge in [-0.2, -0.15) is 0 Å². The normalized spacial score (nSPS) is 19.9. The van der Waals surface area contributed by atoms with Crippen molar-refractivity contribution in [1.82, 2.24) is 0 Å². The Morgan fingerprint density at radius 3 is 2.50 bits per heavy atom. The fraction of sp³-hybridized carbons (Fsp3) is 0.538. The number of aryl methyl sites for hydroxylation is 1. The molecule has 2 rings (SSSR count). The second kappa shape index (κ2) is 3.74. The molecule has 0 aromatic heterocycles. The zero-order valence-corrected chi connectivity index (χ0v) is 8.92. The molecule has 1 fully saturated rings.